The molecule has 0 aliphatic carbocycles. The van der Waals surface area contributed by atoms with Gasteiger partial charge >= 0.3 is 0 Å². The molecule has 0 amide bonds. The molecule has 0 aliphatic rings. The van der Waals surface area contributed by atoms with Crippen LogP contribution in [0.5, 0.6) is 0 Å². The Morgan fingerprint density at radius 1 is 1.62 bits per heavy atom. The van der Waals surface area contributed by atoms with Crippen LogP contribution in [0.25, 0.3) is 0 Å². The largest absolute Gasteiger partial charge is 0.299 e. The lowest BCUT2D eigenvalue weighted by atomic mass is 10.2. The summed E-state index contributed by atoms with van der Waals surface area (Å²) in [4.78, 5) is 12.5. The van der Waals surface area contributed by atoms with E-state index in [-0.39, 0.29) is 0 Å². The fraction of sp³-hybridized carbons (Fsp3) is 0.571. The van der Waals surface area contributed by atoms with E-state index in [0.717, 1.165) is 6.08 Å². The van der Waals surface area contributed by atoms with Gasteiger partial charge in [-0.05, 0) is 20.2 Å². The molecule has 5 nitrogen and oxygen atoms in total. The lowest BCUT2D eigenvalue weighted by molar-refractivity contribution is -0.118. The maximum Gasteiger partial charge on any atom is 0.266 e. The highest BCUT2D eigenvalue weighted by Crippen LogP contribution is 2.00. The molecule has 0 aromatic heterocycles. The van der Waals surface area contributed by atoms with Crippen molar-refractivity contribution in [1.82, 2.24) is 4.90 Å². The van der Waals surface area contributed by atoms with Gasteiger partial charge in [-0.1, -0.05) is 6.58 Å². The van der Waals surface area contributed by atoms with Gasteiger partial charge in [0.05, 0.1) is 11.8 Å². The van der Waals surface area contributed by atoms with Gasteiger partial charge in [0, 0.05) is 0 Å². The molecule has 1 unspecified atom stereocenters. The number of likely N-dealkylation sites (N-methyl/N-ethyl adjacent to an activating group) is 1. The summed E-state index contributed by atoms with van der Waals surface area (Å²) in [5, 5.41) is 0. The molecule has 0 spiro atoms. The summed E-state index contributed by atoms with van der Waals surface area (Å²) >= 11 is 0. The summed E-state index contributed by atoms with van der Waals surface area (Å²) in [6, 6.07) is -0.868. The van der Waals surface area contributed by atoms with Crippen molar-refractivity contribution in [1.29, 1.82) is 0 Å². The molecular weight excluding hydrogens is 194 g/mol. The second kappa shape index (κ2) is 4.50. The maximum absolute atomic E-state index is 11.1. The van der Waals surface area contributed by atoms with Crippen LogP contribution in [0.3, 0.4) is 0 Å². The van der Waals surface area contributed by atoms with Gasteiger partial charge in [0.25, 0.3) is 10.1 Å². The Kier molecular flexibility index (Phi) is 4.25. The number of carbonyl (C=O) groups is 1. The average Bonchev–Trinajstić information content (AvgIpc) is 1.96. The van der Waals surface area contributed by atoms with Gasteiger partial charge in [0.2, 0.25) is 0 Å². The van der Waals surface area contributed by atoms with Crippen molar-refractivity contribution in [3.8, 4) is 0 Å². The molecule has 0 fully saturated rings. The summed E-state index contributed by atoms with van der Waals surface area (Å²) in [5.41, 5.74) is 0. The molecule has 0 saturated heterocycles. The van der Waals surface area contributed by atoms with Gasteiger partial charge in [-0.15, -0.1) is 0 Å². The minimum absolute atomic E-state index is 0.428. The first-order chi connectivity index (χ1) is 5.78. The molecular formula is C7H13NO4S. The van der Waals surface area contributed by atoms with Crippen molar-refractivity contribution in [3.05, 3.63) is 12.7 Å². The molecule has 1 atom stereocenters. The topological polar surface area (TPSA) is 74.7 Å². The minimum atomic E-state index is -4.13. The number of hydrogen-bond acceptors (Lipinski definition) is 4. The summed E-state index contributed by atoms with van der Waals surface area (Å²) in [6.45, 7) is 3.24. The Balaban J connectivity index is 4.64. The molecule has 0 radical (unpaired) electrons. The quantitative estimate of drug-likeness (QED) is 0.488. The Hall–Kier alpha value is -0.720. The van der Waals surface area contributed by atoms with E-state index in [0.29, 0.717) is 0 Å². The smallest absolute Gasteiger partial charge is 0.266 e. The van der Waals surface area contributed by atoms with Crippen LogP contribution in [0, 0.1) is 0 Å². The third-order valence-corrected chi connectivity index (χ3v) is 2.26. The minimum Gasteiger partial charge on any atom is -0.299 e. The molecule has 0 aromatic carbocycles. The maximum atomic E-state index is 11.1. The Morgan fingerprint density at radius 3 is 2.31 bits per heavy atom. The molecule has 0 aromatic rings. The number of carbonyl (C=O) groups excluding carboxylic acids is 1. The van der Waals surface area contributed by atoms with E-state index < -0.39 is 27.7 Å². The third kappa shape index (κ3) is 4.76. The SMILES string of the molecule is C=CC(=O)C(CS(=O)(=O)O)N(C)C. The van der Waals surface area contributed by atoms with Crippen LogP contribution in [0.4, 0.5) is 0 Å². The standard InChI is InChI=1S/C7H13NO4S/c1-4-7(9)6(8(2)3)5-13(10,11)12/h4,6H,1,5H2,2-3H3,(H,10,11,12). The lowest BCUT2D eigenvalue weighted by Gasteiger charge is -2.19. The Bertz CT molecular complexity index is 294. The fourth-order valence-corrected chi connectivity index (χ4v) is 1.68. The Labute approximate surface area is 77.8 Å². The number of ketones is 1. The highest BCUT2D eigenvalue weighted by atomic mass is 32.2. The lowest BCUT2D eigenvalue weighted by Crippen LogP contribution is -2.40. The zero-order valence-corrected chi connectivity index (χ0v) is 8.41. The van der Waals surface area contributed by atoms with Crippen LogP contribution in [0.1, 0.15) is 0 Å². The van der Waals surface area contributed by atoms with Crippen LogP contribution in [0.15, 0.2) is 12.7 Å². The third-order valence-electron chi connectivity index (χ3n) is 1.52. The van der Waals surface area contributed by atoms with Gasteiger partial charge in [0.1, 0.15) is 0 Å². The van der Waals surface area contributed by atoms with Crippen LogP contribution in [0.2, 0.25) is 0 Å². The summed E-state index contributed by atoms with van der Waals surface area (Å²) in [7, 11) is -1.03. The molecule has 1 N–H and O–H groups in total. The van der Waals surface area contributed by atoms with Crippen molar-refractivity contribution >= 4 is 15.9 Å². The Morgan fingerprint density at radius 2 is 2.08 bits per heavy atom. The molecule has 0 heterocycles. The predicted octanol–water partition coefficient (Wildman–Crippen LogP) is -0.440. The summed E-state index contributed by atoms with van der Waals surface area (Å²) < 4.78 is 29.6. The van der Waals surface area contributed by atoms with E-state index in [2.05, 4.69) is 6.58 Å². The second-order valence-corrected chi connectivity index (χ2v) is 4.33. The zero-order valence-electron chi connectivity index (χ0n) is 7.60. The van der Waals surface area contributed by atoms with Crippen molar-refractivity contribution in [2.45, 2.75) is 6.04 Å². The normalized spacial score (nSPS) is 14.2. The van der Waals surface area contributed by atoms with E-state index in [1.165, 1.54) is 4.90 Å². The molecule has 0 saturated carbocycles. The van der Waals surface area contributed by atoms with E-state index in [9.17, 15) is 13.2 Å². The molecule has 0 bridgehead atoms. The van der Waals surface area contributed by atoms with Crippen molar-refractivity contribution in [2.75, 3.05) is 19.8 Å². The van der Waals surface area contributed by atoms with Crippen molar-refractivity contribution in [3.63, 3.8) is 0 Å². The molecule has 0 aliphatic heterocycles. The highest BCUT2D eigenvalue weighted by Gasteiger charge is 2.23. The second-order valence-electron chi connectivity index (χ2n) is 2.83. The first-order valence-electron chi connectivity index (χ1n) is 3.56. The summed E-state index contributed by atoms with van der Waals surface area (Å²) in [5.74, 6) is -1.03. The van der Waals surface area contributed by atoms with Crippen LogP contribution in [-0.4, -0.2) is 49.5 Å². The predicted molar refractivity (Wildman–Crippen MR) is 49.1 cm³/mol. The van der Waals surface area contributed by atoms with Crippen LogP contribution >= 0.6 is 0 Å². The first-order valence-corrected chi connectivity index (χ1v) is 5.16. The molecule has 0 rings (SSSR count). The zero-order chi connectivity index (χ0) is 10.6. The summed E-state index contributed by atoms with van der Waals surface area (Å²) in [6.07, 6.45) is 1.04. The molecule has 13 heavy (non-hydrogen) atoms. The molecule has 6 heteroatoms. The number of rotatable bonds is 5. The first kappa shape index (κ1) is 12.3. The average molecular weight is 207 g/mol. The van der Waals surface area contributed by atoms with Crippen molar-refractivity contribution < 1.29 is 17.8 Å². The van der Waals surface area contributed by atoms with Gasteiger partial charge in [-0.2, -0.15) is 8.42 Å². The van der Waals surface area contributed by atoms with Gasteiger partial charge in [-0.3, -0.25) is 14.2 Å². The van der Waals surface area contributed by atoms with Crippen molar-refractivity contribution in [2.24, 2.45) is 0 Å². The van der Waals surface area contributed by atoms with Gasteiger partial charge in [-0.25, -0.2) is 0 Å². The van der Waals surface area contributed by atoms with E-state index in [4.69, 9.17) is 4.55 Å². The van der Waals surface area contributed by atoms with Gasteiger partial charge in [0.15, 0.2) is 5.78 Å². The van der Waals surface area contributed by atoms with Crippen LogP contribution in [-0.2, 0) is 14.9 Å². The highest BCUT2D eigenvalue weighted by molar-refractivity contribution is 7.85. The molecule has 76 valence electrons. The van der Waals surface area contributed by atoms with E-state index in [1.54, 1.807) is 14.1 Å². The number of hydrogen-bond donors (Lipinski definition) is 1. The van der Waals surface area contributed by atoms with Gasteiger partial charge < -0.3 is 0 Å². The van der Waals surface area contributed by atoms with Crippen LogP contribution < -0.4 is 0 Å². The van der Waals surface area contributed by atoms with E-state index >= 15 is 0 Å². The fourth-order valence-electron chi connectivity index (χ4n) is 0.821. The monoisotopic (exact) mass is 207 g/mol. The van der Waals surface area contributed by atoms with E-state index in [1.807, 2.05) is 0 Å². The number of nitrogens with zero attached hydrogens (tertiary/aromatic N) is 1.